The number of hydrogen-bond donors (Lipinski definition) is 3. The van der Waals surface area contributed by atoms with Gasteiger partial charge in [-0.2, -0.15) is 0 Å². The van der Waals surface area contributed by atoms with Crippen molar-refractivity contribution in [1.29, 1.82) is 0 Å². The van der Waals surface area contributed by atoms with Crippen molar-refractivity contribution in [3.8, 4) is 5.75 Å². The number of nitrogen functional groups attached to an aromatic ring is 1. The Morgan fingerprint density at radius 2 is 1.34 bits per heavy atom. The molecule has 146 valence electrons. The van der Waals surface area contributed by atoms with Crippen LogP contribution in [0.15, 0.2) is 72.8 Å². The molecule has 7 nitrogen and oxygen atoms in total. The number of anilines is 3. The van der Waals surface area contributed by atoms with Crippen LogP contribution in [0.5, 0.6) is 5.75 Å². The molecule has 0 spiro atoms. The second-order valence-electron chi connectivity index (χ2n) is 6.23. The van der Waals surface area contributed by atoms with Crippen molar-refractivity contribution >= 4 is 34.8 Å². The van der Waals surface area contributed by atoms with Gasteiger partial charge in [-0.05, 0) is 60.7 Å². The molecule has 0 aliphatic rings. The summed E-state index contributed by atoms with van der Waals surface area (Å²) in [5.74, 6) is -0.842. The summed E-state index contributed by atoms with van der Waals surface area (Å²) in [5.41, 5.74) is 8.03. The van der Waals surface area contributed by atoms with Crippen LogP contribution in [-0.2, 0) is 4.79 Å². The monoisotopic (exact) mass is 389 g/mol. The van der Waals surface area contributed by atoms with Crippen molar-refractivity contribution in [2.24, 2.45) is 0 Å². The van der Waals surface area contributed by atoms with Crippen LogP contribution in [0.25, 0.3) is 0 Å². The van der Waals surface area contributed by atoms with E-state index in [4.69, 9.17) is 10.5 Å². The Kier molecular flexibility index (Phi) is 5.89. The number of carbonyl (C=O) groups excluding carboxylic acids is 3. The van der Waals surface area contributed by atoms with Gasteiger partial charge in [-0.3, -0.25) is 14.4 Å². The molecule has 2 amide bonds. The summed E-state index contributed by atoms with van der Waals surface area (Å²) < 4.78 is 4.99. The molecule has 0 saturated heterocycles. The lowest BCUT2D eigenvalue weighted by molar-refractivity contribution is -0.131. The molecule has 0 atom stereocenters. The van der Waals surface area contributed by atoms with E-state index in [2.05, 4.69) is 10.6 Å². The van der Waals surface area contributed by atoms with Gasteiger partial charge in [0.25, 0.3) is 11.8 Å². The third-order valence-electron chi connectivity index (χ3n) is 3.91. The van der Waals surface area contributed by atoms with Crippen LogP contribution in [0.4, 0.5) is 17.1 Å². The van der Waals surface area contributed by atoms with Crippen molar-refractivity contribution in [1.82, 2.24) is 0 Å². The van der Waals surface area contributed by atoms with Gasteiger partial charge in [0, 0.05) is 35.1 Å². The number of esters is 1. The zero-order valence-corrected chi connectivity index (χ0v) is 15.6. The maximum Gasteiger partial charge on any atom is 0.308 e. The molecule has 0 aliphatic heterocycles. The van der Waals surface area contributed by atoms with Gasteiger partial charge in [-0.15, -0.1) is 0 Å². The average Bonchev–Trinajstić information content (AvgIpc) is 2.68. The molecule has 0 radical (unpaired) electrons. The number of benzene rings is 3. The summed E-state index contributed by atoms with van der Waals surface area (Å²) in [6, 6.07) is 19.6. The van der Waals surface area contributed by atoms with E-state index >= 15 is 0 Å². The predicted octanol–water partition coefficient (Wildman–Crippen LogP) is 3.70. The standard InChI is InChI=1S/C22H19N3O4/c1-14(26)29-20-7-2-4-16(12-20)22(28)25-19-6-3-5-18(13-19)24-21(27)15-8-10-17(23)11-9-15/h2-13H,23H2,1H3,(H,24,27)(H,25,28). The number of nitrogens with two attached hydrogens (primary N) is 1. The molecular formula is C22H19N3O4. The molecule has 3 rings (SSSR count). The molecule has 3 aromatic carbocycles. The SMILES string of the molecule is CC(=O)Oc1cccc(C(=O)Nc2cccc(NC(=O)c3ccc(N)cc3)c2)c1. The molecular weight excluding hydrogens is 370 g/mol. The van der Waals surface area contributed by atoms with Crippen molar-refractivity contribution in [3.63, 3.8) is 0 Å². The van der Waals surface area contributed by atoms with Crippen molar-refractivity contribution in [2.75, 3.05) is 16.4 Å². The number of carbonyl (C=O) groups is 3. The summed E-state index contributed by atoms with van der Waals surface area (Å²) in [6.07, 6.45) is 0. The molecule has 0 aromatic heterocycles. The smallest absolute Gasteiger partial charge is 0.308 e. The fourth-order valence-corrected chi connectivity index (χ4v) is 2.58. The van der Waals surface area contributed by atoms with Crippen molar-refractivity contribution in [2.45, 2.75) is 6.92 Å². The van der Waals surface area contributed by atoms with E-state index < -0.39 is 5.97 Å². The van der Waals surface area contributed by atoms with Gasteiger partial charge in [-0.1, -0.05) is 12.1 Å². The minimum absolute atomic E-state index is 0.287. The molecule has 0 heterocycles. The fourth-order valence-electron chi connectivity index (χ4n) is 2.58. The van der Waals surface area contributed by atoms with Gasteiger partial charge in [0.15, 0.2) is 0 Å². The molecule has 0 unspecified atom stereocenters. The molecule has 0 saturated carbocycles. The minimum atomic E-state index is -0.466. The summed E-state index contributed by atoms with van der Waals surface area (Å²) in [5, 5.41) is 5.53. The first-order chi connectivity index (χ1) is 13.9. The minimum Gasteiger partial charge on any atom is -0.427 e. The highest BCUT2D eigenvalue weighted by atomic mass is 16.5. The van der Waals surface area contributed by atoms with Crippen LogP contribution in [0, 0.1) is 0 Å². The van der Waals surface area contributed by atoms with Gasteiger partial charge in [0.1, 0.15) is 5.75 Å². The van der Waals surface area contributed by atoms with Crippen LogP contribution < -0.4 is 21.1 Å². The van der Waals surface area contributed by atoms with E-state index in [-0.39, 0.29) is 17.6 Å². The second kappa shape index (κ2) is 8.71. The van der Waals surface area contributed by atoms with Crippen LogP contribution in [-0.4, -0.2) is 17.8 Å². The molecule has 0 aliphatic carbocycles. The Morgan fingerprint density at radius 1 is 0.759 bits per heavy atom. The Bertz CT molecular complexity index is 1060. The highest BCUT2D eigenvalue weighted by molar-refractivity contribution is 6.06. The highest BCUT2D eigenvalue weighted by Gasteiger charge is 2.10. The van der Waals surface area contributed by atoms with Crippen LogP contribution in [0.2, 0.25) is 0 Å². The van der Waals surface area contributed by atoms with Crippen molar-refractivity contribution in [3.05, 3.63) is 83.9 Å². The lowest BCUT2D eigenvalue weighted by Crippen LogP contribution is -2.14. The maximum absolute atomic E-state index is 12.5. The van der Waals surface area contributed by atoms with E-state index in [1.165, 1.54) is 13.0 Å². The summed E-state index contributed by atoms with van der Waals surface area (Å²) in [6.45, 7) is 1.29. The number of hydrogen-bond acceptors (Lipinski definition) is 5. The maximum atomic E-state index is 12.5. The van der Waals surface area contributed by atoms with Gasteiger partial charge in [-0.25, -0.2) is 0 Å². The number of ether oxygens (including phenoxy) is 1. The Hall–Kier alpha value is -4.13. The van der Waals surface area contributed by atoms with Crippen LogP contribution in [0.1, 0.15) is 27.6 Å². The number of rotatable bonds is 5. The Balaban J connectivity index is 1.69. The second-order valence-corrected chi connectivity index (χ2v) is 6.23. The molecule has 0 fully saturated rings. The third-order valence-corrected chi connectivity index (χ3v) is 3.91. The Morgan fingerprint density at radius 3 is 1.97 bits per heavy atom. The zero-order valence-electron chi connectivity index (χ0n) is 15.6. The predicted molar refractivity (Wildman–Crippen MR) is 111 cm³/mol. The van der Waals surface area contributed by atoms with Crippen LogP contribution in [0.3, 0.4) is 0 Å². The third kappa shape index (κ3) is 5.43. The number of nitrogens with one attached hydrogen (secondary N) is 2. The van der Waals surface area contributed by atoms with Crippen molar-refractivity contribution < 1.29 is 19.1 Å². The highest BCUT2D eigenvalue weighted by Crippen LogP contribution is 2.19. The average molecular weight is 389 g/mol. The molecule has 3 aromatic rings. The van der Waals surface area contributed by atoms with Gasteiger partial charge in [0.2, 0.25) is 0 Å². The van der Waals surface area contributed by atoms with E-state index in [0.717, 1.165) is 0 Å². The number of amides is 2. The van der Waals surface area contributed by atoms with E-state index in [1.54, 1.807) is 66.7 Å². The van der Waals surface area contributed by atoms with Gasteiger partial charge in [0.05, 0.1) is 0 Å². The van der Waals surface area contributed by atoms with E-state index in [0.29, 0.717) is 28.2 Å². The molecule has 0 bridgehead atoms. The van der Waals surface area contributed by atoms with Crippen LogP contribution >= 0.6 is 0 Å². The first-order valence-electron chi connectivity index (χ1n) is 8.77. The lowest BCUT2D eigenvalue weighted by atomic mass is 10.1. The van der Waals surface area contributed by atoms with E-state index in [1.807, 2.05) is 0 Å². The topological polar surface area (TPSA) is 111 Å². The lowest BCUT2D eigenvalue weighted by Gasteiger charge is -2.10. The molecule has 29 heavy (non-hydrogen) atoms. The fraction of sp³-hybridized carbons (Fsp3) is 0.0455. The first-order valence-corrected chi connectivity index (χ1v) is 8.77. The summed E-state index contributed by atoms with van der Waals surface area (Å²) in [4.78, 5) is 35.9. The summed E-state index contributed by atoms with van der Waals surface area (Å²) >= 11 is 0. The molecule has 4 N–H and O–H groups in total. The first kappa shape index (κ1) is 19.6. The molecule has 7 heteroatoms. The zero-order chi connectivity index (χ0) is 20.8. The van der Waals surface area contributed by atoms with E-state index in [9.17, 15) is 14.4 Å². The summed E-state index contributed by atoms with van der Waals surface area (Å²) in [7, 11) is 0. The Labute approximate surface area is 167 Å². The van der Waals surface area contributed by atoms with Gasteiger partial charge >= 0.3 is 5.97 Å². The largest absolute Gasteiger partial charge is 0.427 e. The normalized spacial score (nSPS) is 10.1. The van der Waals surface area contributed by atoms with Gasteiger partial charge < -0.3 is 21.1 Å². The quantitative estimate of drug-likeness (QED) is 0.350.